The molecule has 0 spiro atoms. The van der Waals surface area contributed by atoms with E-state index in [2.05, 4.69) is 5.32 Å². The number of nitrogens with one attached hydrogen (secondary N) is 1. The van der Waals surface area contributed by atoms with Gasteiger partial charge in [0.15, 0.2) is 0 Å². The lowest BCUT2D eigenvalue weighted by molar-refractivity contribution is -0.387. The summed E-state index contributed by atoms with van der Waals surface area (Å²) < 4.78 is 18.9. The number of hydrogen-bond acceptors (Lipinski definition) is 6. The van der Waals surface area contributed by atoms with Crippen molar-refractivity contribution >= 4 is 23.6 Å². The van der Waals surface area contributed by atoms with Crippen molar-refractivity contribution in [1.29, 1.82) is 0 Å². The largest absolute Gasteiger partial charge is 0.445 e. The van der Waals surface area contributed by atoms with E-state index in [9.17, 15) is 28.9 Å². The summed E-state index contributed by atoms with van der Waals surface area (Å²) in [6, 6.07) is 10.2. The Hall–Kier alpha value is -4.02. The number of ether oxygens (including phenoxy) is 1. The van der Waals surface area contributed by atoms with E-state index in [-0.39, 0.29) is 18.6 Å². The molecule has 0 saturated carbocycles. The van der Waals surface area contributed by atoms with Crippen LogP contribution in [0.15, 0.2) is 48.5 Å². The summed E-state index contributed by atoms with van der Waals surface area (Å²) in [5.74, 6) is -2.48. The molecule has 174 valence electrons. The van der Waals surface area contributed by atoms with Gasteiger partial charge in [0.25, 0.3) is 0 Å². The van der Waals surface area contributed by atoms with Crippen LogP contribution in [0.5, 0.6) is 0 Å². The zero-order valence-electron chi connectivity index (χ0n) is 17.6. The summed E-state index contributed by atoms with van der Waals surface area (Å²) >= 11 is 0. The number of nitrogens with zero attached hydrogens (tertiary/aromatic N) is 2. The van der Waals surface area contributed by atoms with Gasteiger partial charge in [0.2, 0.25) is 17.6 Å². The highest BCUT2D eigenvalue weighted by atomic mass is 19.1. The summed E-state index contributed by atoms with van der Waals surface area (Å²) in [5, 5.41) is 13.4. The maximum atomic E-state index is 13.6. The van der Waals surface area contributed by atoms with Gasteiger partial charge < -0.3 is 15.8 Å². The molecule has 1 heterocycles. The van der Waals surface area contributed by atoms with Crippen LogP contribution >= 0.6 is 0 Å². The second-order valence-electron chi connectivity index (χ2n) is 7.60. The maximum Gasteiger partial charge on any atom is 0.410 e. The van der Waals surface area contributed by atoms with E-state index >= 15 is 0 Å². The average molecular weight is 458 g/mol. The number of nitrogens with two attached hydrogens (primary N) is 1. The molecule has 3 N–H and O–H groups in total. The number of hydrogen-bond donors (Lipinski definition) is 2. The Labute approximate surface area is 188 Å². The van der Waals surface area contributed by atoms with Crippen molar-refractivity contribution in [3.63, 3.8) is 0 Å². The first kappa shape index (κ1) is 23.6. The lowest BCUT2D eigenvalue weighted by Gasteiger charge is -2.25. The van der Waals surface area contributed by atoms with E-state index in [0.29, 0.717) is 19.4 Å². The molecule has 2 aromatic carbocycles. The highest BCUT2D eigenvalue weighted by Crippen LogP contribution is 2.21. The second kappa shape index (κ2) is 10.5. The quantitative estimate of drug-likeness (QED) is 0.457. The standard InChI is InChI=1S/C22H23FN4O6/c23-16-9-8-15(12-19(16)27(31)32)11-17(20(24)28)25-21(29)18-7-4-10-26(18)22(30)33-13-14-5-2-1-3-6-14/h1-3,5-6,8-9,12,17-18H,4,7,10-11,13H2,(H2,24,28)(H,25,29)/t17-,18+/m0/s1. The summed E-state index contributed by atoms with van der Waals surface area (Å²) in [5.41, 5.74) is 5.70. The predicted molar refractivity (Wildman–Crippen MR) is 114 cm³/mol. The number of amides is 3. The van der Waals surface area contributed by atoms with Gasteiger partial charge in [-0.1, -0.05) is 36.4 Å². The van der Waals surface area contributed by atoms with Crippen LogP contribution < -0.4 is 11.1 Å². The van der Waals surface area contributed by atoms with Crippen molar-refractivity contribution in [1.82, 2.24) is 10.2 Å². The predicted octanol–water partition coefficient (Wildman–Crippen LogP) is 2.05. The van der Waals surface area contributed by atoms with Gasteiger partial charge in [0, 0.05) is 19.0 Å². The molecule has 0 unspecified atom stereocenters. The molecule has 2 atom stereocenters. The number of likely N-dealkylation sites (tertiary alicyclic amines) is 1. The SMILES string of the molecule is NC(=O)[C@H](Cc1ccc(F)c([N+](=O)[O-])c1)NC(=O)[C@H]1CCCN1C(=O)OCc1ccccc1. The molecule has 1 fully saturated rings. The van der Waals surface area contributed by atoms with Crippen LogP contribution in [-0.4, -0.2) is 46.4 Å². The first-order chi connectivity index (χ1) is 15.8. The Morgan fingerprint density at radius 2 is 1.94 bits per heavy atom. The number of halogens is 1. The molecule has 0 bridgehead atoms. The van der Waals surface area contributed by atoms with Gasteiger partial charge >= 0.3 is 11.8 Å². The van der Waals surface area contributed by atoms with Crippen molar-refractivity contribution in [2.24, 2.45) is 5.73 Å². The molecule has 0 aromatic heterocycles. The first-order valence-electron chi connectivity index (χ1n) is 10.3. The minimum Gasteiger partial charge on any atom is -0.445 e. The van der Waals surface area contributed by atoms with Gasteiger partial charge in [-0.3, -0.25) is 24.6 Å². The van der Waals surface area contributed by atoms with E-state index in [1.165, 1.54) is 11.0 Å². The Balaban J connectivity index is 1.64. The van der Waals surface area contributed by atoms with Gasteiger partial charge in [-0.2, -0.15) is 4.39 Å². The van der Waals surface area contributed by atoms with E-state index in [4.69, 9.17) is 10.5 Å². The van der Waals surface area contributed by atoms with Gasteiger partial charge in [-0.15, -0.1) is 0 Å². The minimum absolute atomic E-state index is 0.0533. The third-order valence-corrected chi connectivity index (χ3v) is 5.30. The van der Waals surface area contributed by atoms with Crippen LogP contribution in [0.4, 0.5) is 14.9 Å². The Morgan fingerprint density at radius 1 is 1.21 bits per heavy atom. The number of primary amides is 1. The van der Waals surface area contributed by atoms with Gasteiger partial charge in [0.1, 0.15) is 18.7 Å². The Kier molecular flexibility index (Phi) is 7.54. The summed E-state index contributed by atoms with van der Waals surface area (Å²) in [6.07, 6.45) is 0.123. The lowest BCUT2D eigenvalue weighted by atomic mass is 10.0. The number of carbonyl (C=O) groups excluding carboxylic acids is 3. The van der Waals surface area contributed by atoms with E-state index in [1.54, 1.807) is 12.1 Å². The van der Waals surface area contributed by atoms with Crippen LogP contribution in [-0.2, 0) is 27.4 Å². The number of rotatable bonds is 8. The zero-order chi connectivity index (χ0) is 24.0. The molecule has 3 rings (SSSR count). The molecular formula is C22H23FN4O6. The molecule has 1 aliphatic rings. The number of nitro benzene ring substituents is 1. The van der Waals surface area contributed by atoms with Crippen molar-refractivity contribution in [2.75, 3.05) is 6.54 Å². The van der Waals surface area contributed by atoms with Crippen molar-refractivity contribution in [2.45, 2.75) is 38.0 Å². The number of benzene rings is 2. The van der Waals surface area contributed by atoms with Crippen LogP contribution in [0.25, 0.3) is 0 Å². The topological polar surface area (TPSA) is 145 Å². The van der Waals surface area contributed by atoms with Gasteiger partial charge in [0.05, 0.1) is 4.92 Å². The van der Waals surface area contributed by atoms with Crippen molar-refractivity contribution in [3.05, 3.63) is 75.6 Å². The van der Waals surface area contributed by atoms with Crippen LogP contribution in [0, 0.1) is 15.9 Å². The smallest absolute Gasteiger partial charge is 0.410 e. The monoisotopic (exact) mass is 458 g/mol. The normalized spacial score (nSPS) is 16.2. The van der Waals surface area contributed by atoms with Gasteiger partial charge in [-0.05, 0) is 30.0 Å². The number of carbonyl (C=O) groups is 3. The zero-order valence-corrected chi connectivity index (χ0v) is 17.6. The molecule has 11 heteroatoms. The Morgan fingerprint density at radius 3 is 2.61 bits per heavy atom. The van der Waals surface area contributed by atoms with Gasteiger partial charge in [-0.25, -0.2) is 4.79 Å². The third-order valence-electron chi connectivity index (χ3n) is 5.30. The highest BCUT2D eigenvalue weighted by Gasteiger charge is 2.36. The average Bonchev–Trinajstić information content (AvgIpc) is 3.29. The molecule has 0 radical (unpaired) electrons. The fourth-order valence-electron chi connectivity index (χ4n) is 3.61. The molecule has 10 nitrogen and oxygen atoms in total. The molecule has 3 amide bonds. The second-order valence-corrected chi connectivity index (χ2v) is 7.60. The van der Waals surface area contributed by atoms with Crippen LogP contribution in [0.2, 0.25) is 0 Å². The van der Waals surface area contributed by atoms with E-state index in [0.717, 1.165) is 17.7 Å². The Bertz CT molecular complexity index is 1050. The van der Waals surface area contributed by atoms with Crippen LogP contribution in [0.3, 0.4) is 0 Å². The third kappa shape index (κ3) is 6.03. The molecule has 1 saturated heterocycles. The van der Waals surface area contributed by atoms with Crippen molar-refractivity contribution < 1.29 is 28.4 Å². The summed E-state index contributed by atoms with van der Waals surface area (Å²) in [6.45, 7) is 0.370. The lowest BCUT2D eigenvalue weighted by Crippen LogP contribution is -2.53. The highest BCUT2D eigenvalue weighted by molar-refractivity contribution is 5.91. The summed E-state index contributed by atoms with van der Waals surface area (Å²) in [7, 11) is 0. The fourth-order valence-corrected chi connectivity index (χ4v) is 3.61. The van der Waals surface area contributed by atoms with E-state index < -0.39 is 46.4 Å². The van der Waals surface area contributed by atoms with E-state index in [1.807, 2.05) is 18.2 Å². The fraction of sp³-hybridized carbons (Fsp3) is 0.318. The molecule has 2 aromatic rings. The maximum absolute atomic E-state index is 13.6. The molecule has 33 heavy (non-hydrogen) atoms. The molecule has 1 aliphatic heterocycles. The minimum atomic E-state index is -1.20. The summed E-state index contributed by atoms with van der Waals surface area (Å²) in [4.78, 5) is 48.6. The molecule has 0 aliphatic carbocycles. The first-order valence-corrected chi connectivity index (χ1v) is 10.3. The van der Waals surface area contributed by atoms with Crippen molar-refractivity contribution in [3.8, 4) is 0 Å². The van der Waals surface area contributed by atoms with Crippen LogP contribution in [0.1, 0.15) is 24.0 Å². The molecular weight excluding hydrogens is 435 g/mol. The number of nitro groups is 1.